The summed E-state index contributed by atoms with van der Waals surface area (Å²) in [5.74, 6) is -0.943. The molecule has 0 aliphatic carbocycles. The number of aromatic nitrogens is 2. The van der Waals surface area contributed by atoms with Gasteiger partial charge in [-0.25, -0.2) is 4.79 Å². The Hall–Kier alpha value is -2.62. The van der Waals surface area contributed by atoms with E-state index < -0.39 is 5.97 Å². The number of carboxylic acid groups (broad SMARTS) is 1. The van der Waals surface area contributed by atoms with E-state index in [9.17, 15) is 4.79 Å². The number of hydrogen-bond donors (Lipinski definition) is 2. The molecule has 4 heteroatoms. The highest BCUT2D eigenvalue weighted by atomic mass is 16.4. The summed E-state index contributed by atoms with van der Waals surface area (Å²) in [6.07, 6.45) is 3.38. The van der Waals surface area contributed by atoms with E-state index in [1.54, 1.807) is 6.07 Å². The van der Waals surface area contributed by atoms with Crippen LogP contribution < -0.4 is 0 Å². The molecule has 0 unspecified atom stereocenters. The summed E-state index contributed by atoms with van der Waals surface area (Å²) in [6, 6.07) is 10.9. The lowest BCUT2D eigenvalue weighted by Crippen LogP contribution is -1.97. The van der Waals surface area contributed by atoms with Gasteiger partial charge in [0.2, 0.25) is 0 Å². The van der Waals surface area contributed by atoms with Gasteiger partial charge < -0.3 is 10.1 Å². The second-order valence-electron chi connectivity index (χ2n) is 4.01. The number of hydrogen-bond acceptors (Lipinski definition) is 2. The van der Waals surface area contributed by atoms with E-state index in [2.05, 4.69) is 9.97 Å². The van der Waals surface area contributed by atoms with Crippen LogP contribution in [0, 0.1) is 0 Å². The fourth-order valence-corrected chi connectivity index (χ4v) is 1.93. The lowest BCUT2D eigenvalue weighted by Gasteiger charge is -2.02. The molecule has 0 saturated heterocycles. The Bertz CT molecular complexity index is 731. The van der Waals surface area contributed by atoms with Crippen LogP contribution in [0.25, 0.3) is 22.2 Å². The Morgan fingerprint density at radius 2 is 2.06 bits per heavy atom. The molecule has 0 fully saturated rings. The van der Waals surface area contributed by atoms with Crippen molar-refractivity contribution in [1.82, 2.24) is 9.97 Å². The monoisotopic (exact) mass is 238 g/mol. The summed E-state index contributed by atoms with van der Waals surface area (Å²) >= 11 is 0. The molecule has 0 aliphatic rings. The normalized spacial score (nSPS) is 10.7. The van der Waals surface area contributed by atoms with Gasteiger partial charge in [0.1, 0.15) is 0 Å². The maximum Gasteiger partial charge on any atom is 0.335 e. The van der Waals surface area contributed by atoms with Crippen LogP contribution in [0.1, 0.15) is 10.4 Å². The Labute approximate surface area is 103 Å². The van der Waals surface area contributed by atoms with Crippen LogP contribution in [0.5, 0.6) is 0 Å². The maximum atomic E-state index is 10.9. The van der Waals surface area contributed by atoms with E-state index in [1.165, 1.54) is 12.3 Å². The van der Waals surface area contributed by atoms with E-state index in [-0.39, 0.29) is 5.56 Å². The average Bonchev–Trinajstić information content (AvgIpc) is 2.86. The molecule has 0 spiro atoms. The molecule has 3 rings (SSSR count). The van der Waals surface area contributed by atoms with Crippen molar-refractivity contribution < 1.29 is 9.90 Å². The molecule has 2 N–H and O–H groups in total. The van der Waals surface area contributed by atoms with E-state index in [0.717, 1.165) is 16.5 Å². The molecular formula is C14H10N2O2. The van der Waals surface area contributed by atoms with Crippen LogP contribution in [0.2, 0.25) is 0 Å². The zero-order valence-corrected chi connectivity index (χ0v) is 9.42. The maximum absolute atomic E-state index is 10.9. The van der Waals surface area contributed by atoms with Crippen molar-refractivity contribution in [2.45, 2.75) is 0 Å². The molecule has 0 saturated carbocycles. The quantitative estimate of drug-likeness (QED) is 0.721. The standard InChI is InChI=1S/C14H10N2O2/c17-14(18)11-4-6-16-13(8-11)9-1-2-12-10(7-9)3-5-15-12/h1-8,15H,(H,17,18). The Morgan fingerprint density at radius 3 is 2.89 bits per heavy atom. The molecular weight excluding hydrogens is 228 g/mol. The van der Waals surface area contributed by atoms with Crippen molar-refractivity contribution in [2.24, 2.45) is 0 Å². The number of H-pyrrole nitrogens is 1. The van der Waals surface area contributed by atoms with E-state index in [4.69, 9.17) is 5.11 Å². The summed E-state index contributed by atoms with van der Waals surface area (Å²) in [6.45, 7) is 0. The van der Waals surface area contributed by atoms with Crippen molar-refractivity contribution in [3.63, 3.8) is 0 Å². The first-order valence-corrected chi connectivity index (χ1v) is 5.51. The minimum Gasteiger partial charge on any atom is -0.478 e. The highest BCUT2D eigenvalue weighted by Gasteiger charge is 2.06. The van der Waals surface area contributed by atoms with Crippen molar-refractivity contribution in [3.8, 4) is 11.3 Å². The second-order valence-corrected chi connectivity index (χ2v) is 4.01. The molecule has 0 radical (unpaired) electrons. The summed E-state index contributed by atoms with van der Waals surface area (Å²) in [5, 5.41) is 10.0. The summed E-state index contributed by atoms with van der Waals surface area (Å²) < 4.78 is 0. The SMILES string of the molecule is O=C(O)c1ccnc(-c2ccc3[nH]ccc3c2)c1. The predicted molar refractivity (Wildman–Crippen MR) is 68.5 cm³/mol. The van der Waals surface area contributed by atoms with Crippen molar-refractivity contribution in [3.05, 3.63) is 54.4 Å². The van der Waals surface area contributed by atoms with Crippen LogP contribution >= 0.6 is 0 Å². The Morgan fingerprint density at radius 1 is 1.17 bits per heavy atom. The molecule has 0 amide bonds. The van der Waals surface area contributed by atoms with Gasteiger partial charge in [-0.2, -0.15) is 0 Å². The zero-order valence-electron chi connectivity index (χ0n) is 9.42. The lowest BCUT2D eigenvalue weighted by atomic mass is 10.1. The third kappa shape index (κ3) is 1.73. The third-order valence-electron chi connectivity index (χ3n) is 2.86. The zero-order chi connectivity index (χ0) is 12.5. The molecule has 0 aliphatic heterocycles. The number of carbonyl (C=O) groups is 1. The number of benzene rings is 1. The second kappa shape index (κ2) is 4.00. The number of pyridine rings is 1. The molecule has 2 heterocycles. The van der Waals surface area contributed by atoms with Crippen molar-refractivity contribution in [2.75, 3.05) is 0 Å². The molecule has 0 atom stereocenters. The van der Waals surface area contributed by atoms with Gasteiger partial charge in [-0.05, 0) is 30.3 Å². The highest BCUT2D eigenvalue weighted by molar-refractivity contribution is 5.90. The number of aromatic carboxylic acids is 1. The smallest absolute Gasteiger partial charge is 0.335 e. The molecule has 18 heavy (non-hydrogen) atoms. The van der Waals surface area contributed by atoms with Gasteiger partial charge in [0.05, 0.1) is 11.3 Å². The van der Waals surface area contributed by atoms with Gasteiger partial charge in [0, 0.05) is 28.9 Å². The summed E-state index contributed by atoms with van der Waals surface area (Å²) in [4.78, 5) is 18.2. The highest BCUT2D eigenvalue weighted by Crippen LogP contribution is 2.22. The fraction of sp³-hybridized carbons (Fsp3) is 0. The molecule has 2 aromatic heterocycles. The molecule has 0 bridgehead atoms. The molecule has 88 valence electrons. The van der Waals surface area contributed by atoms with Crippen LogP contribution in [0.3, 0.4) is 0 Å². The van der Waals surface area contributed by atoms with E-state index in [1.807, 2.05) is 30.5 Å². The number of rotatable bonds is 2. The van der Waals surface area contributed by atoms with Gasteiger partial charge in [-0.1, -0.05) is 6.07 Å². The molecule has 1 aromatic carbocycles. The predicted octanol–water partition coefficient (Wildman–Crippen LogP) is 2.93. The number of nitrogens with one attached hydrogen (secondary N) is 1. The molecule has 3 aromatic rings. The van der Waals surface area contributed by atoms with Gasteiger partial charge in [0.15, 0.2) is 0 Å². The van der Waals surface area contributed by atoms with Gasteiger partial charge in [-0.3, -0.25) is 4.98 Å². The minimum atomic E-state index is -0.943. The molecule has 4 nitrogen and oxygen atoms in total. The third-order valence-corrected chi connectivity index (χ3v) is 2.86. The van der Waals surface area contributed by atoms with Crippen LogP contribution in [0.4, 0.5) is 0 Å². The van der Waals surface area contributed by atoms with Crippen LogP contribution in [-0.2, 0) is 0 Å². The number of carboxylic acids is 1. The fourth-order valence-electron chi connectivity index (χ4n) is 1.93. The van der Waals surface area contributed by atoms with Gasteiger partial charge >= 0.3 is 5.97 Å². The van der Waals surface area contributed by atoms with E-state index >= 15 is 0 Å². The first-order chi connectivity index (χ1) is 8.74. The number of fused-ring (bicyclic) bond motifs is 1. The average molecular weight is 238 g/mol. The summed E-state index contributed by atoms with van der Waals surface area (Å²) in [7, 11) is 0. The van der Waals surface area contributed by atoms with Gasteiger partial charge in [-0.15, -0.1) is 0 Å². The Kier molecular flexibility index (Phi) is 2.34. The number of aromatic amines is 1. The van der Waals surface area contributed by atoms with E-state index in [0.29, 0.717) is 5.69 Å². The van der Waals surface area contributed by atoms with Crippen LogP contribution in [-0.4, -0.2) is 21.0 Å². The topological polar surface area (TPSA) is 66.0 Å². The minimum absolute atomic E-state index is 0.245. The van der Waals surface area contributed by atoms with Crippen molar-refractivity contribution in [1.29, 1.82) is 0 Å². The number of nitrogens with zero attached hydrogens (tertiary/aromatic N) is 1. The first kappa shape index (κ1) is 10.5. The van der Waals surface area contributed by atoms with Crippen LogP contribution in [0.15, 0.2) is 48.8 Å². The summed E-state index contributed by atoms with van der Waals surface area (Å²) in [5.41, 5.74) is 2.87. The van der Waals surface area contributed by atoms with Crippen molar-refractivity contribution >= 4 is 16.9 Å². The Balaban J connectivity index is 2.13. The first-order valence-electron chi connectivity index (χ1n) is 5.51. The largest absolute Gasteiger partial charge is 0.478 e. The van der Waals surface area contributed by atoms with Gasteiger partial charge in [0.25, 0.3) is 0 Å². The lowest BCUT2D eigenvalue weighted by molar-refractivity contribution is 0.0697.